The second kappa shape index (κ2) is 5.56. The van der Waals surface area contributed by atoms with Crippen molar-refractivity contribution in [3.63, 3.8) is 0 Å². The summed E-state index contributed by atoms with van der Waals surface area (Å²) in [5.41, 5.74) is 1.13. The SMILES string of the molecule is CCCNc1nc(C)cn1C1CCCC(C)C1. The van der Waals surface area contributed by atoms with Gasteiger partial charge >= 0.3 is 0 Å². The van der Waals surface area contributed by atoms with Crippen LogP contribution in [0.3, 0.4) is 0 Å². The topological polar surface area (TPSA) is 29.9 Å². The number of imidazole rings is 1. The first-order valence-corrected chi connectivity index (χ1v) is 7.00. The molecule has 0 aromatic carbocycles. The minimum Gasteiger partial charge on any atom is -0.356 e. The van der Waals surface area contributed by atoms with Gasteiger partial charge in [0.05, 0.1) is 5.69 Å². The van der Waals surface area contributed by atoms with Gasteiger partial charge in [-0.15, -0.1) is 0 Å². The van der Waals surface area contributed by atoms with E-state index in [0.29, 0.717) is 6.04 Å². The molecule has 2 rings (SSSR count). The normalized spacial score (nSPS) is 24.9. The fourth-order valence-corrected chi connectivity index (χ4v) is 2.82. The number of hydrogen-bond donors (Lipinski definition) is 1. The lowest BCUT2D eigenvalue weighted by atomic mass is 9.87. The number of nitrogens with one attached hydrogen (secondary N) is 1. The van der Waals surface area contributed by atoms with Crippen molar-refractivity contribution >= 4 is 5.95 Å². The molecule has 0 spiro atoms. The maximum absolute atomic E-state index is 4.60. The minimum absolute atomic E-state index is 0.652. The number of nitrogens with zero attached hydrogens (tertiary/aromatic N) is 2. The van der Waals surface area contributed by atoms with Gasteiger partial charge in [0, 0.05) is 18.8 Å². The molecule has 1 saturated carbocycles. The minimum atomic E-state index is 0.652. The van der Waals surface area contributed by atoms with Crippen LogP contribution in [-0.2, 0) is 0 Å². The summed E-state index contributed by atoms with van der Waals surface area (Å²) < 4.78 is 2.38. The molecule has 2 atom stereocenters. The number of aromatic nitrogens is 2. The highest BCUT2D eigenvalue weighted by molar-refractivity contribution is 5.29. The van der Waals surface area contributed by atoms with E-state index in [9.17, 15) is 0 Å². The van der Waals surface area contributed by atoms with Crippen LogP contribution in [0.25, 0.3) is 0 Å². The molecular weight excluding hydrogens is 210 g/mol. The van der Waals surface area contributed by atoms with E-state index in [4.69, 9.17) is 0 Å². The Morgan fingerprint density at radius 1 is 1.47 bits per heavy atom. The molecule has 0 saturated heterocycles. The second-order valence-corrected chi connectivity index (χ2v) is 5.47. The Hall–Kier alpha value is -0.990. The van der Waals surface area contributed by atoms with Crippen LogP contribution in [0.15, 0.2) is 6.20 Å². The Balaban J connectivity index is 2.12. The number of rotatable bonds is 4. The summed E-state index contributed by atoms with van der Waals surface area (Å²) in [6.07, 6.45) is 8.71. The van der Waals surface area contributed by atoms with Crippen LogP contribution in [0.1, 0.15) is 57.7 Å². The Morgan fingerprint density at radius 2 is 2.29 bits per heavy atom. The zero-order chi connectivity index (χ0) is 12.3. The quantitative estimate of drug-likeness (QED) is 0.861. The summed E-state index contributed by atoms with van der Waals surface area (Å²) in [6, 6.07) is 0.652. The highest BCUT2D eigenvalue weighted by Crippen LogP contribution is 2.34. The lowest BCUT2D eigenvalue weighted by Crippen LogP contribution is -2.19. The first-order valence-electron chi connectivity index (χ1n) is 7.00. The fraction of sp³-hybridized carbons (Fsp3) is 0.786. The first-order chi connectivity index (χ1) is 8.20. The zero-order valence-electron chi connectivity index (χ0n) is 11.4. The molecule has 0 radical (unpaired) electrons. The Labute approximate surface area is 105 Å². The summed E-state index contributed by atoms with van der Waals surface area (Å²) in [6.45, 7) is 7.66. The largest absolute Gasteiger partial charge is 0.356 e. The highest BCUT2D eigenvalue weighted by Gasteiger charge is 2.22. The Bertz CT molecular complexity index is 356. The summed E-state index contributed by atoms with van der Waals surface area (Å²) in [5, 5.41) is 3.45. The predicted octanol–water partition coefficient (Wildman–Crippen LogP) is 3.76. The molecule has 1 N–H and O–H groups in total. The molecule has 2 unspecified atom stereocenters. The number of hydrogen-bond acceptors (Lipinski definition) is 2. The highest BCUT2D eigenvalue weighted by atomic mass is 15.2. The molecule has 0 bridgehead atoms. The number of anilines is 1. The van der Waals surface area contributed by atoms with E-state index in [1.165, 1.54) is 25.7 Å². The third-order valence-corrected chi connectivity index (χ3v) is 3.69. The van der Waals surface area contributed by atoms with Crippen LogP contribution in [0.5, 0.6) is 0 Å². The van der Waals surface area contributed by atoms with Crippen molar-refractivity contribution in [2.45, 2.75) is 58.9 Å². The van der Waals surface area contributed by atoms with Crippen LogP contribution in [0.4, 0.5) is 5.95 Å². The van der Waals surface area contributed by atoms with Gasteiger partial charge in [-0.3, -0.25) is 0 Å². The lowest BCUT2D eigenvalue weighted by molar-refractivity contribution is 0.284. The monoisotopic (exact) mass is 235 g/mol. The molecule has 1 aromatic heterocycles. The summed E-state index contributed by atoms with van der Waals surface area (Å²) >= 11 is 0. The van der Waals surface area contributed by atoms with Crippen molar-refractivity contribution in [3.05, 3.63) is 11.9 Å². The molecule has 1 fully saturated rings. The van der Waals surface area contributed by atoms with E-state index < -0.39 is 0 Å². The van der Waals surface area contributed by atoms with Gasteiger partial charge in [-0.1, -0.05) is 26.7 Å². The van der Waals surface area contributed by atoms with Crippen molar-refractivity contribution in [1.29, 1.82) is 0 Å². The van der Waals surface area contributed by atoms with Gasteiger partial charge < -0.3 is 9.88 Å². The van der Waals surface area contributed by atoms with E-state index in [1.54, 1.807) is 0 Å². The van der Waals surface area contributed by atoms with Gasteiger partial charge in [0.25, 0.3) is 0 Å². The van der Waals surface area contributed by atoms with Crippen LogP contribution < -0.4 is 5.32 Å². The van der Waals surface area contributed by atoms with Gasteiger partial charge in [-0.05, 0) is 32.1 Å². The first kappa shape index (κ1) is 12.5. The molecule has 96 valence electrons. The Morgan fingerprint density at radius 3 is 3.00 bits per heavy atom. The van der Waals surface area contributed by atoms with E-state index in [0.717, 1.165) is 30.5 Å². The molecule has 3 heteroatoms. The average molecular weight is 235 g/mol. The number of aryl methyl sites for hydroxylation is 1. The molecule has 1 heterocycles. The molecular formula is C14H25N3. The van der Waals surface area contributed by atoms with Crippen molar-refractivity contribution in [2.75, 3.05) is 11.9 Å². The molecule has 0 amide bonds. The molecule has 1 aliphatic rings. The van der Waals surface area contributed by atoms with Gasteiger partial charge in [-0.25, -0.2) is 4.98 Å². The van der Waals surface area contributed by atoms with Crippen LogP contribution in [-0.4, -0.2) is 16.1 Å². The summed E-state index contributed by atoms with van der Waals surface area (Å²) in [4.78, 5) is 4.60. The second-order valence-electron chi connectivity index (χ2n) is 5.47. The van der Waals surface area contributed by atoms with Crippen LogP contribution in [0, 0.1) is 12.8 Å². The predicted molar refractivity (Wildman–Crippen MR) is 72.4 cm³/mol. The van der Waals surface area contributed by atoms with Crippen LogP contribution in [0.2, 0.25) is 0 Å². The van der Waals surface area contributed by atoms with E-state index in [1.807, 2.05) is 0 Å². The lowest BCUT2D eigenvalue weighted by Gasteiger charge is -2.28. The van der Waals surface area contributed by atoms with Gasteiger partial charge in [0.2, 0.25) is 5.95 Å². The summed E-state index contributed by atoms with van der Waals surface area (Å²) in [7, 11) is 0. The standard InChI is InChI=1S/C14H25N3/c1-4-8-15-14-16-12(3)10-17(14)13-7-5-6-11(2)9-13/h10-11,13H,4-9H2,1-3H3,(H,15,16). The maximum atomic E-state index is 4.60. The summed E-state index contributed by atoms with van der Waals surface area (Å²) in [5.74, 6) is 1.93. The smallest absolute Gasteiger partial charge is 0.203 e. The van der Waals surface area contributed by atoms with E-state index >= 15 is 0 Å². The fourth-order valence-electron chi connectivity index (χ4n) is 2.82. The Kier molecular flexibility index (Phi) is 4.08. The zero-order valence-corrected chi connectivity index (χ0v) is 11.4. The molecule has 1 aliphatic carbocycles. The van der Waals surface area contributed by atoms with Crippen molar-refractivity contribution in [2.24, 2.45) is 5.92 Å². The average Bonchev–Trinajstić information content (AvgIpc) is 2.68. The molecule has 1 aromatic rings. The third kappa shape index (κ3) is 3.02. The van der Waals surface area contributed by atoms with Gasteiger partial charge in [0.15, 0.2) is 0 Å². The third-order valence-electron chi connectivity index (χ3n) is 3.69. The molecule has 0 aliphatic heterocycles. The van der Waals surface area contributed by atoms with E-state index in [2.05, 4.69) is 41.8 Å². The molecule has 3 nitrogen and oxygen atoms in total. The van der Waals surface area contributed by atoms with Crippen molar-refractivity contribution < 1.29 is 0 Å². The van der Waals surface area contributed by atoms with Gasteiger partial charge in [-0.2, -0.15) is 0 Å². The van der Waals surface area contributed by atoms with E-state index in [-0.39, 0.29) is 0 Å². The maximum Gasteiger partial charge on any atom is 0.203 e. The van der Waals surface area contributed by atoms with Crippen molar-refractivity contribution in [1.82, 2.24) is 9.55 Å². The van der Waals surface area contributed by atoms with Crippen LogP contribution >= 0.6 is 0 Å². The van der Waals surface area contributed by atoms with Gasteiger partial charge in [0.1, 0.15) is 0 Å². The van der Waals surface area contributed by atoms with Crippen molar-refractivity contribution in [3.8, 4) is 0 Å². The molecule has 17 heavy (non-hydrogen) atoms.